The van der Waals surface area contributed by atoms with Crippen molar-refractivity contribution in [3.05, 3.63) is 70.5 Å². The van der Waals surface area contributed by atoms with Crippen LogP contribution in [0.3, 0.4) is 0 Å². The van der Waals surface area contributed by atoms with Gasteiger partial charge in [-0.25, -0.2) is 4.99 Å². The second-order valence-electron chi connectivity index (χ2n) is 6.08. The van der Waals surface area contributed by atoms with Crippen molar-refractivity contribution in [3.63, 3.8) is 0 Å². The Kier molecular flexibility index (Phi) is 11.8. The predicted octanol–water partition coefficient (Wildman–Crippen LogP) is 6.35. The number of aliphatic hydroxyl groups excluding tert-OH is 1. The second kappa shape index (κ2) is 12.3. The van der Waals surface area contributed by atoms with E-state index < -0.39 is 5.41 Å². The quantitative estimate of drug-likeness (QED) is 0.224. The lowest BCUT2D eigenvalue weighted by Crippen LogP contribution is -2.34. The maximum atomic E-state index is 9.48. The summed E-state index contributed by atoms with van der Waals surface area (Å²) in [5.74, 6) is 0.512. The maximum Gasteiger partial charge on any atom is 0.140 e. The van der Waals surface area contributed by atoms with Gasteiger partial charge in [0, 0.05) is 22.1 Å². The minimum Gasteiger partial charge on any atom is -0.395 e. The van der Waals surface area contributed by atoms with Gasteiger partial charge in [-0.15, -0.1) is 6.58 Å². The number of hydrogen-bond acceptors (Lipinski definition) is 2. The molecular formula is C20H27BrCl2N2O. The van der Waals surface area contributed by atoms with Gasteiger partial charge < -0.3 is 10.4 Å². The molecule has 1 rings (SSSR count). The Bertz CT molecular complexity index is 662. The van der Waals surface area contributed by atoms with Gasteiger partial charge in [0.25, 0.3) is 0 Å². The van der Waals surface area contributed by atoms with Crippen molar-refractivity contribution in [2.45, 2.75) is 27.7 Å². The van der Waals surface area contributed by atoms with Gasteiger partial charge >= 0.3 is 0 Å². The summed E-state index contributed by atoms with van der Waals surface area (Å²) in [5.41, 5.74) is 1.56. The molecule has 1 aromatic carbocycles. The Balaban J connectivity index is 0.00000141. The standard InChI is InChI=1S/C17H22Cl2N2O.C3H5Br/c1-6-11(2)20-16(21-12(3)17(4,5)10-22)15-13(18)8-7-9-14(15)19;1-2-3-4/h6-9,22H,3,10H2,1-2,4-5H3,(H,20,21);2H,1,3H2/b11-6+;. The summed E-state index contributed by atoms with van der Waals surface area (Å²) in [6.45, 7) is 14.9. The zero-order valence-electron chi connectivity index (χ0n) is 15.7. The first-order valence-electron chi connectivity index (χ1n) is 8.04. The highest BCUT2D eigenvalue weighted by Crippen LogP contribution is 2.27. The van der Waals surface area contributed by atoms with Crippen molar-refractivity contribution in [1.82, 2.24) is 5.32 Å². The van der Waals surface area contributed by atoms with E-state index in [4.69, 9.17) is 23.2 Å². The lowest BCUT2D eigenvalue weighted by atomic mass is 9.91. The molecule has 0 spiro atoms. The SMILES string of the molecule is C=C(NC(=N/C(C)=C/C)c1c(Cl)cccc1Cl)C(C)(C)CO.C=CCBr. The molecule has 0 aliphatic carbocycles. The lowest BCUT2D eigenvalue weighted by molar-refractivity contribution is 0.186. The van der Waals surface area contributed by atoms with Crippen LogP contribution in [0.25, 0.3) is 0 Å². The normalized spacial score (nSPS) is 12.2. The first kappa shape index (κ1) is 24.9. The molecular weight excluding hydrogens is 435 g/mol. The molecule has 0 aromatic heterocycles. The highest BCUT2D eigenvalue weighted by Gasteiger charge is 2.23. The Morgan fingerprint density at radius 1 is 1.35 bits per heavy atom. The molecule has 3 nitrogen and oxygen atoms in total. The fourth-order valence-electron chi connectivity index (χ4n) is 1.52. The first-order chi connectivity index (χ1) is 12.1. The number of alkyl halides is 1. The van der Waals surface area contributed by atoms with Crippen molar-refractivity contribution < 1.29 is 5.11 Å². The Morgan fingerprint density at radius 2 is 1.85 bits per heavy atom. The van der Waals surface area contributed by atoms with Crippen LogP contribution in [-0.4, -0.2) is 22.9 Å². The van der Waals surface area contributed by atoms with Gasteiger partial charge in [-0.1, -0.05) is 77.8 Å². The summed E-state index contributed by atoms with van der Waals surface area (Å²) in [7, 11) is 0. The van der Waals surface area contributed by atoms with Crippen LogP contribution < -0.4 is 5.32 Å². The van der Waals surface area contributed by atoms with Crippen LogP contribution in [0.2, 0.25) is 10.0 Å². The average Bonchev–Trinajstić information content (AvgIpc) is 2.61. The van der Waals surface area contributed by atoms with Crippen LogP contribution in [0.5, 0.6) is 0 Å². The third kappa shape index (κ3) is 8.09. The van der Waals surface area contributed by atoms with Gasteiger partial charge in [0.1, 0.15) is 5.84 Å². The molecule has 1 aromatic rings. The van der Waals surface area contributed by atoms with Crippen LogP contribution in [0.4, 0.5) is 0 Å². The highest BCUT2D eigenvalue weighted by molar-refractivity contribution is 9.09. The van der Waals surface area contributed by atoms with E-state index in [1.54, 1.807) is 24.3 Å². The molecule has 0 saturated carbocycles. The molecule has 0 fully saturated rings. The van der Waals surface area contributed by atoms with E-state index in [0.717, 1.165) is 11.0 Å². The smallest absolute Gasteiger partial charge is 0.140 e. The van der Waals surface area contributed by atoms with E-state index in [2.05, 4.69) is 39.4 Å². The molecule has 0 radical (unpaired) electrons. The summed E-state index contributed by atoms with van der Waals surface area (Å²) in [5, 5.41) is 14.5. The highest BCUT2D eigenvalue weighted by atomic mass is 79.9. The minimum atomic E-state index is -0.502. The largest absolute Gasteiger partial charge is 0.395 e. The molecule has 0 aliphatic heterocycles. The number of aliphatic imine (C=N–C) groups is 1. The van der Waals surface area contributed by atoms with Crippen LogP contribution in [-0.2, 0) is 0 Å². The molecule has 0 amide bonds. The summed E-state index contributed by atoms with van der Waals surface area (Å²) >= 11 is 15.7. The van der Waals surface area contributed by atoms with E-state index >= 15 is 0 Å². The Labute approximate surface area is 175 Å². The van der Waals surface area contributed by atoms with E-state index in [1.807, 2.05) is 33.8 Å². The number of nitrogens with one attached hydrogen (secondary N) is 1. The van der Waals surface area contributed by atoms with Crippen LogP contribution in [0.15, 0.2) is 59.9 Å². The topological polar surface area (TPSA) is 44.6 Å². The number of benzene rings is 1. The summed E-state index contributed by atoms with van der Waals surface area (Å²) < 4.78 is 0. The van der Waals surface area contributed by atoms with Gasteiger partial charge in [-0.2, -0.15) is 0 Å². The van der Waals surface area contributed by atoms with Gasteiger partial charge in [-0.3, -0.25) is 0 Å². The molecule has 6 heteroatoms. The number of halogens is 3. The number of nitrogens with zero attached hydrogens (tertiary/aromatic N) is 1. The number of rotatable bonds is 6. The zero-order chi connectivity index (χ0) is 20.3. The van der Waals surface area contributed by atoms with Crippen molar-refractivity contribution in [2.75, 3.05) is 11.9 Å². The van der Waals surface area contributed by atoms with E-state index in [-0.39, 0.29) is 6.61 Å². The Hall–Kier alpha value is -1.07. The van der Waals surface area contributed by atoms with Crippen LogP contribution in [0.1, 0.15) is 33.3 Å². The molecule has 144 valence electrons. The third-order valence-electron chi connectivity index (χ3n) is 3.50. The zero-order valence-corrected chi connectivity index (χ0v) is 18.8. The third-order valence-corrected chi connectivity index (χ3v) is 4.58. The maximum absolute atomic E-state index is 9.48. The molecule has 0 unspecified atom stereocenters. The molecule has 26 heavy (non-hydrogen) atoms. The number of amidine groups is 1. The summed E-state index contributed by atoms with van der Waals surface area (Å²) in [4.78, 5) is 4.53. The first-order valence-corrected chi connectivity index (χ1v) is 9.92. The molecule has 0 atom stereocenters. The monoisotopic (exact) mass is 460 g/mol. The van der Waals surface area contributed by atoms with Crippen LogP contribution in [0, 0.1) is 5.41 Å². The van der Waals surface area contributed by atoms with E-state index in [9.17, 15) is 5.11 Å². The summed E-state index contributed by atoms with van der Waals surface area (Å²) in [6.07, 6.45) is 3.67. The van der Waals surface area contributed by atoms with Crippen molar-refractivity contribution in [1.29, 1.82) is 0 Å². The lowest BCUT2D eigenvalue weighted by Gasteiger charge is -2.27. The van der Waals surface area contributed by atoms with Crippen LogP contribution >= 0.6 is 39.1 Å². The number of aliphatic hydroxyl groups is 1. The predicted molar refractivity (Wildman–Crippen MR) is 120 cm³/mol. The van der Waals surface area contributed by atoms with Gasteiger partial charge in [0.2, 0.25) is 0 Å². The fourth-order valence-corrected chi connectivity index (χ4v) is 2.10. The van der Waals surface area contributed by atoms with Gasteiger partial charge in [-0.05, 0) is 26.0 Å². The van der Waals surface area contributed by atoms with Gasteiger partial charge in [0.05, 0.1) is 22.2 Å². The van der Waals surface area contributed by atoms with E-state index in [0.29, 0.717) is 27.1 Å². The summed E-state index contributed by atoms with van der Waals surface area (Å²) in [6, 6.07) is 5.29. The van der Waals surface area contributed by atoms with Crippen molar-refractivity contribution in [2.24, 2.45) is 10.4 Å². The number of hydrogen-bond donors (Lipinski definition) is 2. The van der Waals surface area contributed by atoms with E-state index in [1.165, 1.54) is 0 Å². The average molecular weight is 462 g/mol. The number of allylic oxidation sites excluding steroid dienone is 3. The van der Waals surface area contributed by atoms with Gasteiger partial charge in [0.15, 0.2) is 0 Å². The molecule has 0 heterocycles. The second-order valence-corrected chi connectivity index (χ2v) is 7.54. The molecule has 0 bridgehead atoms. The molecule has 0 aliphatic rings. The fraction of sp³-hybridized carbons (Fsp3) is 0.350. The van der Waals surface area contributed by atoms with Crippen molar-refractivity contribution in [3.8, 4) is 0 Å². The Morgan fingerprint density at radius 3 is 2.23 bits per heavy atom. The molecule has 2 N–H and O–H groups in total. The minimum absolute atomic E-state index is 0.0367. The van der Waals surface area contributed by atoms with Crippen molar-refractivity contribution >= 4 is 45.0 Å². The molecule has 0 saturated heterocycles.